The van der Waals surface area contributed by atoms with Crippen LogP contribution in [0.15, 0.2) is 18.2 Å². The molecule has 0 radical (unpaired) electrons. The molecule has 0 unspecified atom stereocenters. The summed E-state index contributed by atoms with van der Waals surface area (Å²) in [6.45, 7) is 1.51. The standard InChI is InChI=1S/C16H13ClO8/c1-6-3-9(11(16(22)23)13(19)12(6)17)25-14-8(15(20)21)4-7(18)5-10(14)24-2/h3-5,18-19H,1-2H3,(H,20,21)(H,22,23). The lowest BCUT2D eigenvalue weighted by Crippen LogP contribution is -2.06. The molecule has 0 aliphatic rings. The number of aryl methyl sites for hydroxylation is 1. The van der Waals surface area contributed by atoms with Crippen LogP contribution in [0.1, 0.15) is 26.3 Å². The molecule has 4 N–H and O–H groups in total. The maximum atomic E-state index is 11.4. The number of benzene rings is 2. The van der Waals surface area contributed by atoms with Gasteiger partial charge in [-0.15, -0.1) is 0 Å². The summed E-state index contributed by atoms with van der Waals surface area (Å²) in [6.07, 6.45) is 0. The van der Waals surface area contributed by atoms with E-state index in [-0.39, 0.29) is 28.0 Å². The van der Waals surface area contributed by atoms with Crippen molar-refractivity contribution in [1.29, 1.82) is 0 Å². The van der Waals surface area contributed by atoms with Crippen LogP contribution in [0.2, 0.25) is 5.02 Å². The summed E-state index contributed by atoms with van der Waals surface area (Å²) in [7, 11) is 1.22. The smallest absolute Gasteiger partial charge is 0.343 e. The van der Waals surface area contributed by atoms with Crippen molar-refractivity contribution in [1.82, 2.24) is 0 Å². The summed E-state index contributed by atoms with van der Waals surface area (Å²) in [5, 5.41) is 38.0. The van der Waals surface area contributed by atoms with Gasteiger partial charge in [-0.05, 0) is 24.6 Å². The highest BCUT2D eigenvalue weighted by Gasteiger charge is 2.25. The van der Waals surface area contributed by atoms with Crippen molar-refractivity contribution in [2.24, 2.45) is 0 Å². The number of aromatic hydroxyl groups is 2. The number of hydrogen-bond donors (Lipinski definition) is 4. The van der Waals surface area contributed by atoms with E-state index < -0.39 is 28.8 Å². The summed E-state index contributed by atoms with van der Waals surface area (Å²) >= 11 is 5.84. The molecule has 0 aliphatic carbocycles. The predicted octanol–water partition coefficient (Wildman–Crippen LogP) is 3.26. The quantitative estimate of drug-likeness (QED) is 0.631. The molecule has 2 rings (SSSR count). The number of halogens is 1. The van der Waals surface area contributed by atoms with E-state index in [1.54, 1.807) is 0 Å². The van der Waals surface area contributed by atoms with Crippen molar-refractivity contribution in [2.45, 2.75) is 6.92 Å². The zero-order valence-electron chi connectivity index (χ0n) is 13.0. The van der Waals surface area contributed by atoms with E-state index >= 15 is 0 Å². The molecule has 9 heteroatoms. The number of ether oxygens (including phenoxy) is 2. The van der Waals surface area contributed by atoms with Crippen LogP contribution < -0.4 is 9.47 Å². The molecule has 2 aromatic rings. The molecule has 25 heavy (non-hydrogen) atoms. The molecule has 8 nitrogen and oxygen atoms in total. The lowest BCUT2D eigenvalue weighted by atomic mass is 10.1. The van der Waals surface area contributed by atoms with Crippen LogP contribution in [0, 0.1) is 6.92 Å². The highest BCUT2D eigenvalue weighted by atomic mass is 35.5. The third kappa shape index (κ3) is 3.38. The Kier molecular flexibility index (Phi) is 4.94. The highest BCUT2D eigenvalue weighted by Crippen LogP contribution is 2.43. The van der Waals surface area contributed by atoms with Gasteiger partial charge >= 0.3 is 11.9 Å². The largest absolute Gasteiger partial charge is 0.508 e. The van der Waals surface area contributed by atoms with Gasteiger partial charge in [-0.25, -0.2) is 9.59 Å². The van der Waals surface area contributed by atoms with Crippen molar-refractivity contribution < 1.29 is 39.5 Å². The zero-order valence-corrected chi connectivity index (χ0v) is 13.8. The van der Waals surface area contributed by atoms with Crippen LogP contribution in [0.25, 0.3) is 0 Å². The van der Waals surface area contributed by atoms with Gasteiger partial charge in [0.05, 0.1) is 12.1 Å². The number of aromatic carboxylic acids is 2. The first-order chi connectivity index (χ1) is 11.7. The third-order valence-electron chi connectivity index (χ3n) is 3.30. The molecule has 0 aliphatic heterocycles. The van der Waals surface area contributed by atoms with Crippen LogP contribution in [-0.2, 0) is 0 Å². The number of methoxy groups -OCH3 is 1. The molecule has 0 atom stereocenters. The fraction of sp³-hybridized carbons (Fsp3) is 0.125. The SMILES string of the molecule is COc1cc(O)cc(C(=O)O)c1Oc1cc(C)c(Cl)c(O)c1C(=O)O. The number of phenols is 2. The Morgan fingerprint density at radius 1 is 1.04 bits per heavy atom. The normalized spacial score (nSPS) is 10.4. The van der Waals surface area contributed by atoms with Gasteiger partial charge in [0.15, 0.2) is 17.2 Å². The summed E-state index contributed by atoms with van der Waals surface area (Å²) in [5.41, 5.74) is -0.781. The minimum Gasteiger partial charge on any atom is -0.508 e. The summed E-state index contributed by atoms with van der Waals surface area (Å²) < 4.78 is 10.4. The number of hydrogen-bond acceptors (Lipinski definition) is 6. The van der Waals surface area contributed by atoms with Gasteiger partial charge in [0.25, 0.3) is 0 Å². The number of carboxylic acid groups (broad SMARTS) is 2. The lowest BCUT2D eigenvalue weighted by molar-refractivity contribution is 0.0685. The molecule has 0 heterocycles. The van der Waals surface area contributed by atoms with Gasteiger partial charge in [-0.1, -0.05) is 11.6 Å². The minimum absolute atomic E-state index is 0.138. The van der Waals surface area contributed by atoms with Crippen molar-refractivity contribution in [2.75, 3.05) is 7.11 Å². The number of carbonyl (C=O) groups is 2. The lowest BCUT2D eigenvalue weighted by Gasteiger charge is -2.16. The molecule has 0 amide bonds. The van der Waals surface area contributed by atoms with E-state index in [0.29, 0.717) is 5.56 Å². The van der Waals surface area contributed by atoms with E-state index in [4.69, 9.17) is 21.1 Å². The van der Waals surface area contributed by atoms with Gasteiger partial charge in [-0.2, -0.15) is 0 Å². The molecular formula is C16H13ClO8. The van der Waals surface area contributed by atoms with Gasteiger partial charge in [0.2, 0.25) is 0 Å². The molecule has 0 spiro atoms. The zero-order chi connectivity index (χ0) is 18.9. The van der Waals surface area contributed by atoms with Crippen LogP contribution >= 0.6 is 11.6 Å². The maximum absolute atomic E-state index is 11.4. The summed E-state index contributed by atoms with van der Waals surface area (Å²) in [6, 6.07) is 3.26. The second-order valence-corrected chi connectivity index (χ2v) is 5.34. The van der Waals surface area contributed by atoms with E-state index in [0.717, 1.165) is 12.1 Å². The van der Waals surface area contributed by atoms with Crippen molar-refractivity contribution in [3.8, 4) is 28.7 Å². The minimum atomic E-state index is -1.52. The second kappa shape index (κ2) is 6.78. The second-order valence-electron chi connectivity index (χ2n) is 4.97. The Balaban J connectivity index is 2.73. The van der Waals surface area contributed by atoms with E-state index in [1.165, 1.54) is 20.1 Å². The average Bonchev–Trinajstić information content (AvgIpc) is 2.53. The molecule has 0 saturated carbocycles. The topological polar surface area (TPSA) is 134 Å². The Bertz CT molecular complexity index is 875. The van der Waals surface area contributed by atoms with Gasteiger partial charge < -0.3 is 29.9 Å². The summed E-state index contributed by atoms with van der Waals surface area (Å²) in [4.78, 5) is 22.8. The van der Waals surface area contributed by atoms with Crippen molar-refractivity contribution >= 4 is 23.5 Å². The van der Waals surface area contributed by atoms with Gasteiger partial charge in [-0.3, -0.25) is 0 Å². The number of rotatable bonds is 5. The molecule has 0 bridgehead atoms. The fourth-order valence-electron chi connectivity index (χ4n) is 2.15. The highest BCUT2D eigenvalue weighted by molar-refractivity contribution is 6.33. The Morgan fingerprint density at radius 3 is 2.20 bits per heavy atom. The Morgan fingerprint density at radius 2 is 1.68 bits per heavy atom. The van der Waals surface area contributed by atoms with Gasteiger partial charge in [0.1, 0.15) is 22.6 Å². The molecule has 0 aromatic heterocycles. The van der Waals surface area contributed by atoms with E-state index in [1.807, 2.05) is 0 Å². The average molecular weight is 369 g/mol. The third-order valence-corrected chi connectivity index (χ3v) is 3.78. The predicted molar refractivity (Wildman–Crippen MR) is 86.5 cm³/mol. The Hall–Kier alpha value is -3.13. The van der Waals surface area contributed by atoms with Crippen LogP contribution in [-0.4, -0.2) is 39.5 Å². The molecule has 0 fully saturated rings. The van der Waals surface area contributed by atoms with Crippen LogP contribution in [0.4, 0.5) is 0 Å². The maximum Gasteiger partial charge on any atom is 0.343 e. The molecular weight excluding hydrogens is 356 g/mol. The van der Waals surface area contributed by atoms with E-state index in [9.17, 15) is 30.0 Å². The first-order valence-corrected chi connectivity index (χ1v) is 7.12. The van der Waals surface area contributed by atoms with Crippen molar-refractivity contribution in [3.63, 3.8) is 0 Å². The van der Waals surface area contributed by atoms with E-state index in [2.05, 4.69) is 0 Å². The number of carboxylic acids is 2. The van der Waals surface area contributed by atoms with Crippen LogP contribution in [0.5, 0.6) is 28.7 Å². The number of phenolic OH excluding ortho intramolecular Hbond substituents is 1. The fourth-order valence-corrected chi connectivity index (χ4v) is 2.29. The Labute approximate surface area is 146 Å². The van der Waals surface area contributed by atoms with Gasteiger partial charge in [0, 0.05) is 6.07 Å². The summed E-state index contributed by atoms with van der Waals surface area (Å²) in [5.74, 6) is -4.86. The molecule has 132 valence electrons. The van der Waals surface area contributed by atoms with Crippen molar-refractivity contribution in [3.05, 3.63) is 39.9 Å². The first kappa shape index (κ1) is 18.2. The molecule has 0 saturated heterocycles. The monoisotopic (exact) mass is 368 g/mol. The first-order valence-electron chi connectivity index (χ1n) is 6.74. The van der Waals surface area contributed by atoms with Crippen LogP contribution in [0.3, 0.4) is 0 Å². The molecule has 2 aromatic carbocycles.